The summed E-state index contributed by atoms with van der Waals surface area (Å²) in [6.45, 7) is 6.92. The predicted octanol–water partition coefficient (Wildman–Crippen LogP) is 2.38. The van der Waals surface area contributed by atoms with Gasteiger partial charge in [-0.15, -0.1) is 0 Å². The molecule has 0 aliphatic carbocycles. The van der Waals surface area contributed by atoms with Crippen molar-refractivity contribution in [1.82, 2.24) is 9.97 Å². The Kier molecular flexibility index (Phi) is 5.05. The van der Waals surface area contributed by atoms with Gasteiger partial charge < -0.3 is 5.73 Å². The van der Waals surface area contributed by atoms with E-state index in [0.29, 0.717) is 6.54 Å². The summed E-state index contributed by atoms with van der Waals surface area (Å²) >= 11 is 1.71. The van der Waals surface area contributed by atoms with Gasteiger partial charge in [0.1, 0.15) is 0 Å². The smallest absolute Gasteiger partial charge is 0.188 e. The first-order chi connectivity index (χ1) is 7.11. The van der Waals surface area contributed by atoms with Crippen LogP contribution in [0.1, 0.15) is 31.7 Å². The fourth-order valence-electron chi connectivity index (χ4n) is 1.16. The van der Waals surface area contributed by atoms with E-state index >= 15 is 0 Å². The van der Waals surface area contributed by atoms with Crippen LogP contribution >= 0.6 is 11.8 Å². The SMILES string of the molecule is Cc1cc(CN)nc(SCCC(C)C)n1. The average molecular weight is 225 g/mol. The third-order valence-electron chi connectivity index (χ3n) is 2.02. The first kappa shape index (κ1) is 12.5. The van der Waals surface area contributed by atoms with Gasteiger partial charge in [-0.1, -0.05) is 25.6 Å². The van der Waals surface area contributed by atoms with Crippen LogP contribution in [0.15, 0.2) is 11.2 Å². The summed E-state index contributed by atoms with van der Waals surface area (Å²) < 4.78 is 0. The maximum atomic E-state index is 5.56. The monoisotopic (exact) mass is 225 g/mol. The highest BCUT2D eigenvalue weighted by Crippen LogP contribution is 2.17. The lowest BCUT2D eigenvalue weighted by Gasteiger charge is -2.05. The molecule has 0 fully saturated rings. The Morgan fingerprint density at radius 3 is 2.73 bits per heavy atom. The molecule has 0 bridgehead atoms. The maximum Gasteiger partial charge on any atom is 0.188 e. The van der Waals surface area contributed by atoms with Crippen molar-refractivity contribution in [3.05, 3.63) is 17.5 Å². The van der Waals surface area contributed by atoms with Crippen molar-refractivity contribution in [1.29, 1.82) is 0 Å². The van der Waals surface area contributed by atoms with Crippen molar-refractivity contribution < 1.29 is 0 Å². The minimum absolute atomic E-state index is 0.487. The van der Waals surface area contributed by atoms with Crippen LogP contribution in [0.5, 0.6) is 0 Å². The molecule has 0 saturated heterocycles. The molecule has 0 radical (unpaired) electrons. The maximum absolute atomic E-state index is 5.56. The Balaban J connectivity index is 2.56. The minimum atomic E-state index is 0.487. The molecular formula is C11H19N3S. The first-order valence-corrected chi connectivity index (χ1v) is 6.27. The fraction of sp³-hybridized carbons (Fsp3) is 0.636. The summed E-state index contributed by atoms with van der Waals surface area (Å²) in [7, 11) is 0. The molecule has 84 valence electrons. The Morgan fingerprint density at radius 1 is 1.40 bits per heavy atom. The molecule has 0 saturated carbocycles. The zero-order valence-electron chi connectivity index (χ0n) is 9.66. The summed E-state index contributed by atoms with van der Waals surface area (Å²) in [4.78, 5) is 8.75. The molecule has 0 aromatic carbocycles. The summed E-state index contributed by atoms with van der Waals surface area (Å²) in [6, 6.07) is 1.94. The van der Waals surface area contributed by atoms with Crippen LogP contribution < -0.4 is 5.73 Å². The van der Waals surface area contributed by atoms with Gasteiger partial charge in [-0.2, -0.15) is 0 Å². The highest BCUT2D eigenvalue weighted by molar-refractivity contribution is 7.99. The van der Waals surface area contributed by atoms with Gasteiger partial charge in [0.2, 0.25) is 0 Å². The number of hydrogen-bond acceptors (Lipinski definition) is 4. The topological polar surface area (TPSA) is 51.8 Å². The van der Waals surface area contributed by atoms with E-state index in [1.807, 2.05) is 13.0 Å². The lowest BCUT2D eigenvalue weighted by molar-refractivity contribution is 0.631. The normalized spacial score (nSPS) is 11.0. The van der Waals surface area contributed by atoms with Gasteiger partial charge in [0.05, 0.1) is 5.69 Å². The standard InChI is InChI=1S/C11H19N3S/c1-8(2)4-5-15-11-13-9(3)6-10(7-12)14-11/h6,8H,4-5,7,12H2,1-3H3. The van der Waals surface area contributed by atoms with Gasteiger partial charge in [0.25, 0.3) is 0 Å². The number of hydrogen-bond donors (Lipinski definition) is 1. The van der Waals surface area contributed by atoms with Crippen molar-refractivity contribution in [2.24, 2.45) is 11.7 Å². The molecule has 3 nitrogen and oxygen atoms in total. The lowest BCUT2D eigenvalue weighted by atomic mass is 10.2. The lowest BCUT2D eigenvalue weighted by Crippen LogP contribution is -2.03. The number of aryl methyl sites for hydroxylation is 1. The van der Waals surface area contributed by atoms with Crippen molar-refractivity contribution in [2.45, 2.75) is 38.9 Å². The Hall–Kier alpha value is -0.610. The highest BCUT2D eigenvalue weighted by Gasteiger charge is 2.02. The van der Waals surface area contributed by atoms with E-state index < -0.39 is 0 Å². The molecule has 1 heterocycles. The van der Waals surface area contributed by atoms with Gasteiger partial charge in [-0.3, -0.25) is 0 Å². The molecule has 1 rings (SSSR count). The van der Waals surface area contributed by atoms with Crippen LogP contribution in [0.4, 0.5) is 0 Å². The molecule has 1 aromatic heterocycles. The Labute approximate surface area is 95.9 Å². The van der Waals surface area contributed by atoms with E-state index in [1.54, 1.807) is 11.8 Å². The summed E-state index contributed by atoms with van der Waals surface area (Å²) in [6.07, 6.45) is 1.19. The zero-order chi connectivity index (χ0) is 11.3. The summed E-state index contributed by atoms with van der Waals surface area (Å²) in [5.74, 6) is 1.81. The van der Waals surface area contributed by atoms with Crippen LogP contribution in [0.25, 0.3) is 0 Å². The predicted molar refractivity (Wildman–Crippen MR) is 64.8 cm³/mol. The second-order valence-electron chi connectivity index (χ2n) is 4.02. The van der Waals surface area contributed by atoms with Gasteiger partial charge >= 0.3 is 0 Å². The second kappa shape index (κ2) is 6.08. The van der Waals surface area contributed by atoms with E-state index in [9.17, 15) is 0 Å². The van der Waals surface area contributed by atoms with E-state index in [-0.39, 0.29) is 0 Å². The number of thioether (sulfide) groups is 1. The van der Waals surface area contributed by atoms with E-state index in [2.05, 4.69) is 23.8 Å². The van der Waals surface area contributed by atoms with E-state index in [0.717, 1.165) is 28.2 Å². The summed E-state index contributed by atoms with van der Waals surface area (Å²) in [5.41, 5.74) is 7.49. The molecule has 0 spiro atoms. The number of rotatable bonds is 5. The Bertz CT molecular complexity index is 313. The van der Waals surface area contributed by atoms with Crippen LogP contribution in [-0.2, 0) is 6.54 Å². The number of nitrogens with zero attached hydrogens (tertiary/aromatic N) is 2. The average Bonchev–Trinajstić information content (AvgIpc) is 2.16. The fourth-order valence-corrected chi connectivity index (χ4v) is 2.32. The third-order valence-corrected chi connectivity index (χ3v) is 2.90. The van der Waals surface area contributed by atoms with Gasteiger partial charge in [0.15, 0.2) is 5.16 Å². The van der Waals surface area contributed by atoms with E-state index in [4.69, 9.17) is 5.73 Å². The zero-order valence-corrected chi connectivity index (χ0v) is 10.5. The quantitative estimate of drug-likeness (QED) is 0.617. The Morgan fingerprint density at radius 2 is 2.13 bits per heavy atom. The van der Waals surface area contributed by atoms with Gasteiger partial charge in [0, 0.05) is 18.0 Å². The molecule has 2 N–H and O–H groups in total. The molecule has 0 aliphatic rings. The van der Waals surface area contributed by atoms with Crippen LogP contribution in [0, 0.1) is 12.8 Å². The van der Waals surface area contributed by atoms with Crippen molar-refractivity contribution in [3.8, 4) is 0 Å². The van der Waals surface area contributed by atoms with Crippen molar-refractivity contribution in [3.63, 3.8) is 0 Å². The second-order valence-corrected chi connectivity index (χ2v) is 5.08. The number of aromatic nitrogens is 2. The van der Waals surface area contributed by atoms with Gasteiger partial charge in [-0.25, -0.2) is 9.97 Å². The third kappa shape index (κ3) is 4.62. The molecule has 0 atom stereocenters. The largest absolute Gasteiger partial charge is 0.325 e. The molecule has 1 aromatic rings. The number of nitrogens with two attached hydrogens (primary N) is 1. The van der Waals surface area contributed by atoms with Crippen molar-refractivity contribution >= 4 is 11.8 Å². The van der Waals surface area contributed by atoms with Crippen LogP contribution in [0.2, 0.25) is 0 Å². The highest BCUT2D eigenvalue weighted by atomic mass is 32.2. The first-order valence-electron chi connectivity index (χ1n) is 5.29. The van der Waals surface area contributed by atoms with E-state index in [1.165, 1.54) is 6.42 Å². The molecular weight excluding hydrogens is 206 g/mol. The molecule has 0 amide bonds. The molecule has 4 heteroatoms. The van der Waals surface area contributed by atoms with Gasteiger partial charge in [-0.05, 0) is 25.3 Å². The minimum Gasteiger partial charge on any atom is -0.325 e. The van der Waals surface area contributed by atoms with Crippen LogP contribution in [0.3, 0.4) is 0 Å². The molecule has 15 heavy (non-hydrogen) atoms. The van der Waals surface area contributed by atoms with Crippen molar-refractivity contribution in [2.75, 3.05) is 5.75 Å². The molecule has 0 aliphatic heterocycles. The summed E-state index contributed by atoms with van der Waals surface area (Å²) in [5, 5.41) is 0.858. The molecule has 0 unspecified atom stereocenters. The van der Waals surface area contributed by atoms with Crippen LogP contribution in [-0.4, -0.2) is 15.7 Å².